The maximum absolute atomic E-state index is 12.8. The molecular weight excluding hydrogens is 532 g/mol. The van der Waals surface area contributed by atoms with E-state index >= 15 is 0 Å². The Kier molecular flexibility index (Phi) is 7.80. The number of aryl methyl sites for hydroxylation is 1. The van der Waals surface area contributed by atoms with Crippen LogP contribution in [0, 0.1) is 13.8 Å². The molecule has 11 heteroatoms. The molecule has 0 aliphatic carbocycles. The number of piperazine rings is 1. The van der Waals surface area contributed by atoms with Gasteiger partial charge < -0.3 is 0 Å². The summed E-state index contributed by atoms with van der Waals surface area (Å²) in [5.74, 6) is -0.253. The maximum Gasteiger partial charge on any atom is 0.254 e. The second-order valence-corrected chi connectivity index (χ2v) is 11.1. The van der Waals surface area contributed by atoms with Gasteiger partial charge in [0.1, 0.15) is 0 Å². The molecule has 4 rings (SSSR count). The Morgan fingerprint density at radius 2 is 1.71 bits per heavy atom. The van der Waals surface area contributed by atoms with Gasteiger partial charge in [0.25, 0.3) is 5.91 Å². The number of halogens is 1. The van der Waals surface area contributed by atoms with Gasteiger partial charge in [-0.2, -0.15) is 14.5 Å². The summed E-state index contributed by atoms with van der Waals surface area (Å²) in [6.45, 7) is 5.59. The fourth-order valence-corrected chi connectivity index (χ4v) is 5.64. The van der Waals surface area contributed by atoms with E-state index in [0.29, 0.717) is 26.2 Å². The lowest BCUT2D eigenvalue weighted by atomic mass is 10.2. The molecule has 9 nitrogen and oxygen atoms in total. The van der Waals surface area contributed by atoms with Crippen molar-refractivity contribution < 1.29 is 13.2 Å². The SMILES string of the molecule is Cc1nn(-c2ccccc2)c(C)c1/C=N\NC(=O)CN1CCN(S(=O)(=O)c2ccc(Br)cc2)CC1. The number of hydrazone groups is 1. The number of sulfonamides is 1. The van der Waals surface area contributed by atoms with Gasteiger partial charge in [-0.3, -0.25) is 9.69 Å². The number of nitrogens with zero attached hydrogens (tertiary/aromatic N) is 5. The van der Waals surface area contributed by atoms with Crippen molar-refractivity contribution in [2.75, 3.05) is 32.7 Å². The number of carbonyl (C=O) groups is 1. The van der Waals surface area contributed by atoms with Gasteiger partial charge in [-0.25, -0.2) is 18.5 Å². The Labute approximate surface area is 213 Å². The summed E-state index contributed by atoms with van der Waals surface area (Å²) < 4.78 is 29.8. The van der Waals surface area contributed by atoms with Gasteiger partial charge in [-0.1, -0.05) is 34.1 Å². The van der Waals surface area contributed by atoms with E-state index in [1.54, 1.807) is 30.5 Å². The molecule has 0 saturated carbocycles. The summed E-state index contributed by atoms with van der Waals surface area (Å²) >= 11 is 3.32. The zero-order valence-electron chi connectivity index (χ0n) is 19.6. The molecule has 1 fully saturated rings. The molecular formula is C24H27BrN6O3S. The summed E-state index contributed by atoms with van der Waals surface area (Å²) in [5.41, 5.74) is 6.11. The van der Waals surface area contributed by atoms with E-state index in [0.717, 1.165) is 27.1 Å². The molecule has 0 unspecified atom stereocenters. The first-order valence-corrected chi connectivity index (χ1v) is 13.4. The van der Waals surface area contributed by atoms with Crippen molar-refractivity contribution in [3.8, 4) is 5.69 Å². The van der Waals surface area contributed by atoms with Crippen molar-refractivity contribution in [3.05, 3.63) is 76.0 Å². The Hall–Kier alpha value is -2.86. The number of aromatic nitrogens is 2. The minimum absolute atomic E-state index is 0.144. The highest BCUT2D eigenvalue weighted by atomic mass is 79.9. The fraction of sp³-hybridized carbons (Fsp3) is 0.292. The molecule has 3 aromatic rings. The van der Waals surface area contributed by atoms with Crippen molar-refractivity contribution >= 4 is 38.1 Å². The highest BCUT2D eigenvalue weighted by molar-refractivity contribution is 9.10. The van der Waals surface area contributed by atoms with E-state index in [1.165, 1.54) is 4.31 Å². The standard InChI is InChI=1S/C24H27BrN6O3S/c1-18-23(19(2)31(28-18)21-6-4-3-5-7-21)16-26-27-24(32)17-29-12-14-30(15-13-29)35(33,34)22-10-8-20(25)9-11-22/h3-11,16H,12-15,17H2,1-2H3,(H,27,32)/b26-16-. The van der Waals surface area contributed by atoms with Gasteiger partial charge in [0.15, 0.2) is 0 Å². The van der Waals surface area contributed by atoms with E-state index in [-0.39, 0.29) is 17.3 Å². The predicted molar refractivity (Wildman–Crippen MR) is 138 cm³/mol. The highest BCUT2D eigenvalue weighted by Gasteiger charge is 2.29. The van der Waals surface area contributed by atoms with Crippen molar-refractivity contribution in [1.29, 1.82) is 0 Å². The Morgan fingerprint density at radius 1 is 1.06 bits per heavy atom. The van der Waals surface area contributed by atoms with Crippen LogP contribution in [0.4, 0.5) is 0 Å². The van der Waals surface area contributed by atoms with Crippen LogP contribution in [0.5, 0.6) is 0 Å². The van der Waals surface area contributed by atoms with Crippen LogP contribution in [0.25, 0.3) is 5.69 Å². The van der Waals surface area contributed by atoms with Gasteiger partial charge in [0.2, 0.25) is 10.0 Å². The van der Waals surface area contributed by atoms with E-state index in [2.05, 4.69) is 31.6 Å². The van der Waals surface area contributed by atoms with Crippen molar-refractivity contribution in [2.24, 2.45) is 5.10 Å². The van der Waals surface area contributed by atoms with Crippen LogP contribution < -0.4 is 5.43 Å². The number of benzene rings is 2. The van der Waals surface area contributed by atoms with Crippen molar-refractivity contribution in [1.82, 2.24) is 24.4 Å². The second kappa shape index (κ2) is 10.8. The normalized spacial score (nSPS) is 15.5. The van der Waals surface area contributed by atoms with Crippen molar-refractivity contribution in [3.63, 3.8) is 0 Å². The zero-order chi connectivity index (χ0) is 25.0. The van der Waals surface area contributed by atoms with Crippen LogP contribution >= 0.6 is 15.9 Å². The van der Waals surface area contributed by atoms with Crippen LogP contribution in [-0.2, 0) is 14.8 Å². The lowest BCUT2D eigenvalue weighted by molar-refractivity contribution is -0.122. The molecule has 2 heterocycles. The molecule has 1 N–H and O–H groups in total. The smallest absolute Gasteiger partial charge is 0.254 e. The third-order valence-electron chi connectivity index (χ3n) is 5.88. The monoisotopic (exact) mass is 558 g/mol. The molecule has 1 amide bonds. The molecule has 1 aromatic heterocycles. The number of carbonyl (C=O) groups excluding carboxylic acids is 1. The third-order valence-corrected chi connectivity index (χ3v) is 8.32. The van der Waals surface area contributed by atoms with Crippen LogP contribution in [0.2, 0.25) is 0 Å². The quantitative estimate of drug-likeness (QED) is 0.355. The maximum atomic E-state index is 12.8. The fourth-order valence-electron chi connectivity index (χ4n) is 3.95. The molecule has 2 aromatic carbocycles. The minimum atomic E-state index is -3.55. The average molecular weight is 559 g/mol. The topological polar surface area (TPSA) is 99.9 Å². The van der Waals surface area contributed by atoms with Crippen LogP contribution in [-0.4, -0.2) is 72.2 Å². The number of hydrogen-bond acceptors (Lipinski definition) is 6. The lowest BCUT2D eigenvalue weighted by Gasteiger charge is -2.33. The largest absolute Gasteiger partial charge is 0.292 e. The molecule has 35 heavy (non-hydrogen) atoms. The summed E-state index contributed by atoms with van der Waals surface area (Å²) in [5, 5.41) is 8.70. The molecule has 184 valence electrons. The molecule has 0 atom stereocenters. The van der Waals surface area contributed by atoms with Gasteiger partial charge in [0.05, 0.1) is 34.7 Å². The first-order chi connectivity index (χ1) is 16.8. The number of amides is 1. The second-order valence-electron chi connectivity index (χ2n) is 8.26. The van der Waals surface area contributed by atoms with E-state index in [1.807, 2.05) is 53.8 Å². The van der Waals surface area contributed by atoms with Gasteiger partial charge >= 0.3 is 0 Å². The van der Waals surface area contributed by atoms with Crippen LogP contribution in [0.1, 0.15) is 17.0 Å². The summed E-state index contributed by atoms with van der Waals surface area (Å²) in [4.78, 5) is 14.6. The Bertz CT molecular complexity index is 1320. The molecule has 1 saturated heterocycles. The molecule has 0 radical (unpaired) electrons. The third kappa shape index (κ3) is 5.87. The molecule has 0 spiro atoms. The number of hydrogen-bond donors (Lipinski definition) is 1. The molecule has 1 aliphatic heterocycles. The van der Waals surface area contributed by atoms with Crippen LogP contribution in [0.15, 0.2) is 69.1 Å². The van der Waals surface area contributed by atoms with Gasteiger partial charge in [-0.05, 0) is 50.2 Å². The van der Waals surface area contributed by atoms with E-state index in [9.17, 15) is 13.2 Å². The average Bonchev–Trinajstić information content (AvgIpc) is 3.13. The van der Waals surface area contributed by atoms with E-state index < -0.39 is 10.0 Å². The number of rotatable bonds is 7. The summed E-state index contributed by atoms with van der Waals surface area (Å²) in [7, 11) is -3.55. The zero-order valence-corrected chi connectivity index (χ0v) is 22.0. The first kappa shape index (κ1) is 25.2. The predicted octanol–water partition coefficient (Wildman–Crippen LogP) is 2.71. The Balaban J connectivity index is 1.30. The Morgan fingerprint density at radius 3 is 2.37 bits per heavy atom. The first-order valence-electron chi connectivity index (χ1n) is 11.2. The lowest BCUT2D eigenvalue weighted by Crippen LogP contribution is -2.50. The number of nitrogens with one attached hydrogen (secondary N) is 1. The van der Waals surface area contributed by atoms with Crippen LogP contribution in [0.3, 0.4) is 0 Å². The van der Waals surface area contributed by atoms with E-state index in [4.69, 9.17) is 0 Å². The minimum Gasteiger partial charge on any atom is -0.292 e. The number of para-hydroxylation sites is 1. The van der Waals surface area contributed by atoms with Crippen molar-refractivity contribution in [2.45, 2.75) is 18.7 Å². The molecule has 1 aliphatic rings. The van der Waals surface area contributed by atoms with Gasteiger partial charge in [-0.15, -0.1) is 0 Å². The highest BCUT2D eigenvalue weighted by Crippen LogP contribution is 2.20. The van der Waals surface area contributed by atoms with Gasteiger partial charge in [0, 0.05) is 36.2 Å². The summed E-state index contributed by atoms with van der Waals surface area (Å²) in [6, 6.07) is 16.4. The molecule has 0 bridgehead atoms. The summed E-state index contributed by atoms with van der Waals surface area (Å²) in [6.07, 6.45) is 1.61.